The van der Waals surface area contributed by atoms with E-state index >= 15 is 0 Å². The third kappa shape index (κ3) is 5.07. The van der Waals surface area contributed by atoms with Gasteiger partial charge < -0.3 is 19.5 Å². The van der Waals surface area contributed by atoms with Crippen LogP contribution in [0.25, 0.3) is 5.76 Å². The fourth-order valence-corrected chi connectivity index (χ4v) is 4.20. The summed E-state index contributed by atoms with van der Waals surface area (Å²) in [5.41, 5.74) is 1.27. The van der Waals surface area contributed by atoms with Crippen LogP contribution in [0.3, 0.4) is 0 Å². The fourth-order valence-electron chi connectivity index (χ4n) is 4.20. The Labute approximate surface area is 193 Å². The molecule has 2 saturated heterocycles. The Bertz CT molecular complexity index is 1010. The number of pyridine rings is 1. The van der Waals surface area contributed by atoms with Crippen molar-refractivity contribution in [2.75, 3.05) is 39.4 Å². The van der Waals surface area contributed by atoms with Gasteiger partial charge in [0, 0.05) is 44.1 Å². The Morgan fingerprint density at radius 3 is 2.39 bits per heavy atom. The van der Waals surface area contributed by atoms with Crippen LogP contribution in [0.2, 0.25) is 0 Å². The maximum Gasteiger partial charge on any atom is 0.295 e. The molecule has 174 valence electrons. The van der Waals surface area contributed by atoms with Gasteiger partial charge in [0.15, 0.2) is 0 Å². The van der Waals surface area contributed by atoms with Crippen LogP contribution in [0, 0.1) is 0 Å². The number of aliphatic hydroxyl groups is 1. The second-order valence-corrected chi connectivity index (χ2v) is 8.42. The lowest BCUT2D eigenvalue weighted by atomic mass is 9.96. The van der Waals surface area contributed by atoms with Crippen molar-refractivity contribution < 1.29 is 24.2 Å². The Morgan fingerprint density at radius 2 is 1.76 bits per heavy atom. The Balaban J connectivity index is 1.67. The number of aromatic nitrogens is 1. The van der Waals surface area contributed by atoms with Gasteiger partial charge in [0.05, 0.1) is 30.9 Å². The number of ether oxygens (including phenoxy) is 2. The van der Waals surface area contributed by atoms with Gasteiger partial charge in [0.25, 0.3) is 11.7 Å². The van der Waals surface area contributed by atoms with Gasteiger partial charge in [-0.2, -0.15) is 0 Å². The third-order valence-electron chi connectivity index (χ3n) is 5.82. The average Bonchev–Trinajstić information content (AvgIpc) is 3.08. The number of ketones is 1. The molecule has 1 unspecified atom stereocenters. The molecule has 0 saturated carbocycles. The summed E-state index contributed by atoms with van der Waals surface area (Å²) in [4.78, 5) is 33.9. The van der Waals surface area contributed by atoms with Crippen molar-refractivity contribution in [2.45, 2.75) is 26.0 Å². The van der Waals surface area contributed by atoms with E-state index in [9.17, 15) is 14.7 Å². The number of amides is 1. The smallest absolute Gasteiger partial charge is 0.295 e. The molecule has 1 amide bonds. The number of aliphatic hydroxyl groups excluding tert-OH is 1. The summed E-state index contributed by atoms with van der Waals surface area (Å²) in [6, 6.07) is 9.72. The van der Waals surface area contributed by atoms with Gasteiger partial charge >= 0.3 is 0 Å². The summed E-state index contributed by atoms with van der Waals surface area (Å²) in [6.07, 6.45) is 3.26. The molecule has 1 N–H and O–H groups in total. The van der Waals surface area contributed by atoms with E-state index in [1.54, 1.807) is 53.7 Å². The fraction of sp³-hybridized carbons (Fsp3) is 0.400. The number of Topliss-reactive ketones (excluding diaryl/α,β-unsaturated/α-hetero) is 1. The van der Waals surface area contributed by atoms with Crippen LogP contribution in [0.5, 0.6) is 5.75 Å². The van der Waals surface area contributed by atoms with Crippen molar-refractivity contribution in [2.24, 2.45) is 0 Å². The van der Waals surface area contributed by atoms with Crippen molar-refractivity contribution in [3.05, 3.63) is 65.5 Å². The summed E-state index contributed by atoms with van der Waals surface area (Å²) in [6.45, 7) is 7.74. The second-order valence-electron chi connectivity index (χ2n) is 8.42. The predicted molar refractivity (Wildman–Crippen MR) is 123 cm³/mol. The Hall–Kier alpha value is -3.23. The summed E-state index contributed by atoms with van der Waals surface area (Å²) in [5, 5.41) is 11.1. The summed E-state index contributed by atoms with van der Waals surface area (Å²) >= 11 is 0. The van der Waals surface area contributed by atoms with Crippen LogP contribution in [-0.4, -0.2) is 77.1 Å². The van der Waals surface area contributed by atoms with Crippen LogP contribution in [-0.2, 0) is 14.3 Å². The highest BCUT2D eigenvalue weighted by molar-refractivity contribution is 6.46. The second kappa shape index (κ2) is 10.1. The lowest BCUT2D eigenvalue weighted by molar-refractivity contribution is -0.140. The maximum atomic E-state index is 13.1. The number of carbonyl (C=O) groups is 2. The number of benzene rings is 1. The lowest BCUT2D eigenvalue weighted by Crippen LogP contribution is -2.42. The van der Waals surface area contributed by atoms with Crippen LogP contribution < -0.4 is 4.74 Å². The SMILES string of the molecule is CC(C)Oc1ccc(/C(O)=C2/C(=O)C(=O)N(CCN3CCOCC3)C2c2ccncc2)cc1. The summed E-state index contributed by atoms with van der Waals surface area (Å²) in [5.74, 6) is -0.816. The van der Waals surface area contributed by atoms with Gasteiger partial charge in [-0.05, 0) is 55.8 Å². The van der Waals surface area contributed by atoms with Gasteiger partial charge in [-0.3, -0.25) is 19.5 Å². The molecule has 8 heteroatoms. The first-order valence-corrected chi connectivity index (χ1v) is 11.2. The molecule has 0 bridgehead atoms. The van der Waals surface area contributed by atoms with E-state index in [2.05, 4.69) is 9.88 Å². The predicted octanol–water partition coefficient (Wildman–Crippen LogP) is 2.62. The minimum atomic E-state index is -0.682. The average molecular weight is 452 g/mol. The van der Waals surface area contributed by atoms with Crippen molar-refractivity contribution in [1.82, 2.24) is 14.8 Å². The molecular weight excluding hydrogens is 422 g/mol. The van der Waals surface area contributed by atoms with E-state index in [0.717, 1.165) is 18.7 Å². The van der Waals surface area contributed by atoms with Gasteiger partial charge in [0.1, 0.15) is 11.5 Å². The molecular formula is C25H29N3O5. The molecule has 0 aliphatic carbocycles. The van der Waals surface area contributed by atoms with E-state index in [0.29, 0.717) is 37.6 Å². The van der Waals surface area contributed by atoms with Crippen molar-refractivity contribution in [3.8, 4) is 5.75 Å². The highest BCUT2D eigenvalue weighted by Crippen LogP contribution is 2.39. The summed E-state index contributed by atoms with van der Waals surface area (Å²) < 4.78 is 11.1. The Morgan fingerprint density at radius 1 is 1.09 bits per heavy atom. The standard InChI is InChI=1S/C25H29N3O5/c1-17(2)33-20-5-3-19(4-6-20)23(29)21-22(18-7-9-26-10-8-18)28(25(31)24(21)30)12-11-27-13-15-32-16-14-27/h3-10,17,22,29H,11-16H2,1-2H3/b23-21-. The van der Waals surface area contributed by atoms with E-state index < -0.39 is 17.7 Å². The van der Waals surface area contributed by atoms with E-state index in [1.807, 2.05) is 13.8 Å². The normalized spacial score (nSPS) is 21.1. The third-order valence-corrected chi connectivity index (χ3v) is 5.82. The first kappa shape index (κ1) is 22.9. The van der Waals surface area contributed by atoms with Crippen molar-refractivity contribution in [3.63, 3.8) is 0 Å². The molecule has 2 aliphatic heterocycles. The minimum Gasteiger partial charge on any atom is -0.507 e. The zero-order valence-electron chi connectivity index (χ0n) is 18.9. The zero-order valence-corrected chi connectivity index (χ0v) is 18.9. The van der Waals surface area contributed by atoms with Crippen LogP contribution in [0.1, 0.15) is 31.0 Å². The monoisotopic (exact) mass is 451 g/mol. The van der Waals surface area contributed by atoms with Crippen LogP contribution in [0.4, 0.5) is 0 Å². The Kier molecular flexibility index (Phi) is 7.05. The topological polar surface area (TPSA) is 92.2 Å². The first-order chi connectivity index (χ1) is 16.0. The molecule has 8 nitrogen and oxygen atoms in total. The van der Waals surface area contributed by atoms with Crippen LogP contribution >= 0.6 is 0 Å². The zero-order chi connectivity index (χ0) is 23.4. The molecule has 2 fully saturated rings. The molecule has 3 heterocycles. The highest BCUT2D eigenvalue weighted by Gasteiger charge is 2.46. The minimum absolute atomic E-state index is 0.0212. The number of likely N-dealkylation sites (tertiary alicyclic amines) is 1. The maximum absolute atomic E-state index is 13.1. The largest absolute Gasteiger partial charge is 0.507 e. The number of nitrogens with zero attached hydrogens (tertiary/aromatic N) is 3. The number of hydrogen-bond acceptors (Lipinski definition) is 7. The van der Waals surface area contributed by atoms with Gasteiger partial charge in [-0.1, -0.05) is 0 Å². The summed E-state index contributed by atoms with van der Waals surface area (Å²) in [7, 11) is 0. The number of carbonyl (C=O) groups excluding carboxylic acids is 2. The lowest BCUT2D eigenvalue weighted by Gasteiger charge is -2.31. The van der Waals surface area contributed by atoms with E-state index in [4.69, 9.17) is 9.47 Å². The van der Waals surface area contributed by atoms with E-state index in [1.165, 1.54) is 0 Å². The number of rotatable bonds is 7. The van der Waals surface area contributed by atoms with Gasteiger partial charge in [-0.25, -0.2) is 0 Å². The molecule has 4 rings (SSSR count). The first-order valence-electron chi connectivity index (χ1n) is 11.2. The molecule has 2 aliphatic rings. The van der Waals surface area contributed by atoms with Crippen molar-refractivity contribution >= 4 is 17.4 Å². The molecule has 1 atom stereocenters. The molecule has 33 heavy (non-hydrogen) atoms. The quantitative estimate of drug-likeness (QED) is 0.393. The van der Waals surface area contributed by atoms with Crippen molar-refractivity contribution in [1.29, 1.82) is 0 Å². The molecule has 2 aromatic rings. The van der Waals surface area contributed by atoms with Gasteiger partial charge in [0.2, 0.25) is 0 Å². The van der Waals surface area contributed by atoms with Gasteiger partial charge in [-0.15, -0.1) is 0 Å². The number of hydrogen-bond donors (Lipinski definition) is 1. The molecule has 0 spiro atoms. The highest BCUT2D eigenvalue weighted by atomic mass is 16.5. The molecule has 1 aromatic heterocycles. The molecule has 0 radical (unpaired) electrons. The number of morpholine rings is 1. The van der Waals surface area contributed by atoms with Crippen LogP contribution in [0.15, 0.2) is 54.4 Å². The van der Waals surface area contributed by atoms with E-state index in [-0.39, 0.29) is 17.4 Å². The molecule has 1 aromatic carbocycles.